The van der Waals surface area contributed by atoms with Crippen LogP contribution in [0.2, 0.25) is 0 Å². The highest BCUT2D eigenvalue weighted by Crippen LogP contribution is 2.20. The molecular weight excluding hydrogens is 200 g/mol. The minimum Gasteiger partial charge on any atom is -0.354 e. The monoisotopic (exact) mass is 224 g/mol. The van der Waals surface area contributed by atoms with Crippen molar-refractivity contribution < 1.29 is 4.79 Å². The van der Waals surface area contributed by atoms with Gasteiger partial charge in [-0.3, -0.25) is 4.79 Å². The van der Waals surface area contributed by atoms with E-state index >= 15 is 0 Å². The Morgan fingerprint density at radius 3 is 2.00 bits per heavy atom. The highest BCUT2D eigenvalue weighted by atomic mass is 16.2. The van der Waals surface area contributed by atoms with Gasteiger partial charge < -0.3 is 5.32 Å². The molecule has 16 heavy (non-hydrogen) atoms. The average molecular weight is 224 g/mol. The van der Waals surface area contributed by atoms with Gasteiger partial charge in [-0.1, -0.05) is 27.7 Å². The Kier molecular flexibility index (Phi) is 5.50. The van der Waals surface area contributed by atoms with E-state index in [4.69, 9.17) is 5.26 Å². The summed E-state index contributed by atoms with van der Waals surface area (Å²) >= 11 is 0. The fourth-order valence-electron chi connectivity index (χ4n) is 1.72. The molecule has 0 aliphatic heterocycles. The van der Waals surface area contributed by atoms with E-state index in [9.17, 15) is 4.79 Å². The van der Waals surface area contributed by atoms with Crippen LogP contribution >= 0.6 is 0 Å². The van der Waals surface area contributed by atoms with Gasteiger partial charge in [-0.2, -0.15) is 5.26 Å². The molecule has 0 bridgehead atoms. The molecule has 3 heteroatoms. The number of hydrogen-bond donors (Lipinski definition) is 1. The van der Waals surface area contributed by atoms with Crippen LogP contribution in [0.1, 0.15) is 41.5 Å². The highest BCUT2D eigenvalue weighted by molar-refractivity contribution is 5.84. The number of nitrogens with zero attached hydrogens (tertiary/aromatic N) is 1. The first-order valence-electron chi connectivity index (χ1n) is 5.92. The molecule has 0 saturated heterocycles. The van der Waals surface area contributed by atoms with Crippen molar-refractivity contribution in [3.63, 3.8) is 0 Å². The number of nitriles is 1. The molecule has 0 radical (unpaired) electrons. The van der Waals surface area contributed by atoms with Crippen molar-refractivity contribution in [3.8, 4) is 6.07 Å². The van der Waals surface area contributed by atoms with Crippen molar-refractivity contribution in [2.75, 3.05) is 6.54 Å². The number of amides is 1. The number of hydrogen-bond acceptors (Lipinski definition) is 2. The molecule has 0 fully saturated rings. The highest BCUT2D eigenvalue weighted by Gasteiger charge is 2.28. The summed E-state index contributed by atoms with van der Waals surface area (Å²) in [5.41, 5.74) is -0.932. The molecule has 0 aromatic rings. The van der Waals surface area contributed by atoms with E-state index in [1.807, 2.05) is 6.07 Å². The SMILES string of the molecule is CC(C)C(CNC(=O)C(C)(C)C#N)C(C)C. The smallest absolute Gasteiger partial charge is 0.239 e. The van der Waals surface area contributed by atoms with Crippen LogP contribution in [-0.4, -0.2) is 12.5 Å². The van der Waals surface area contributed by atoms with Crippen LogP contribution in [0.15, 0.2) is 0 Å². The normalized spacial score (nSPS) is 12.0. The minimum absolute atomic E-state index is 0.179. The number of rotatable bonds is 5. The van der Waals surface area contributed by atoms with Gasteiger partial charge in [0.05, 0.1) is 6.07 Å². The summed E-state index contributed by atoms with van der Waals surface area (Å²) in [6, 6.07) is 2.01. The zero-order valence-electron chi connectivity index (χ0n) is 11.3. The maximum Gasteiger partial charge on any atom is 0.239 e. The third-order valence-electron chi connectivity index (χ3n) is 3.06. The van der Waals surface area contributed by atoms with Crippen LogP contribution in [0.3, 0.4) is 0 Å². The van der Waals surface area contributed by atoms with E-state index in [2.05, 4.69) is 33.0 Å². The number of carbonyl (C=O) groups excluding carboxylic acids is 1. The van der Waals surface area contributed by atoms with Gasteiger partial charge in [0.15, 0.2) is 0 Å². The molecule has 92 valence electrons. The zero-order valence-corrected chi connectivity index (χ0v) is 11.3. The lowest BCUT2D eigenvalue weighted by molar-refractivity contribution is -0.127. The Balaban J connectivity index is 4.34. The molecule has 0 unspecified atom stereocenters. The van der Waals surface area contributed by atoms with E-state index in [1.54, 1.807) is 13.8 Å². The van der Waals surface area contributed by atoms with Crippen molar-refractivity contribution in [2.45, 2.75) is 41.5 Å². The molecule has 0 aliphatic carbocycles. The van der Waals surface area contributed by atoms with Crippen LogP contribution in [0.5, 0.6) is 0 Å². The molecule has 0 saturated carbocycles. The minimum atomic E-state index is -0.932. The van der Waals surface area contributed by atoms with Crippen molar-refractivity contribution in [3.05, 3.63) is 0 Å². The summed E-state index contributed by atoms with van der Waals surface area (Å²) in [4.78, 5) is 11.7. The van der Waals surface area contributed by atoms with Gasteiger partial charge in [0.25, 0.3) is 0 Å². The maximum absolute atomic E-state index is 11.7. The molecule has 0 rings (SSSR count). The molecule has 1 amide bonds. The van der Waals surface area contributed by atoms with Gasteiger partial charge in [-0.05, 0) is 31.6 Å². The molecule has 0 spiro atoms. The first-order valence-corrected chi connectivity index (χ1v) is 5.92. The quantitative estimate of drug-likeness (QED) is 0.780. The topological polar surface area (TPSA) is 52.9 Å². The van der Waals surface area contributed by atoms with Gasteiger partial charge in [0.1, 0.15) is 5.41 Å². The summed E-state index contributed by atoms with van der Waals surface area (Å²) in [7, 11) is 0. The lowest BCUT2D eigenvalue weighted by atomic mass is 9.85. The van der Waals surface area contributed by atoms with E-state index in [0.29, 0.717) is 24.3 Å². The summed E-state index contributed by atoms with van der Waals surface area (Å²) in [5, 5.41) is 11.7. The fourth-order valence-corrected chi connectivity index (χ4v) is 1.72. The average Bonchev–Trinajstić information content (AvgIpc) is 2.16. The Hall–Kier alpha value is -1.04. The molecule has 1 N–H and O–H groups in total. The summed E-state index contributed by atoms with van der Waals surface area (Å²) < 4.78 is 0. The lowest BCUT2D eigenvalue weighted by Gasteiger charge is -2.26. The van der Waals surface area contributed by atoms with Crippen LogP contribution in [0.25, 0.3) is 0 Å². The van der Waals surface area contributed by atoms with Gasteiger partial charge in [0.2, 0.25) is 5.91 Å². The standard InChI is InChI=1S/C13H24N2O/c1-9(2)11(10(3)4)7-15-12(16)13(5,6)8-14/h9-11H,7H2,1-6H3,(H,15,16). The van der Waals surface area contributed by atoms with Crippen LogP contribution < -0.4 is 5.32 Å². The van der Waals surface area contributed by atoms with Crippen molar-refractivity contribution in [2.24, 2.45) is 23.2 Å². The Bertz CT molecular complexity index is 266. The Morgan fingerprint density at radius 2 is 1.69 bits per heavy atom. The second-order valence-electron chi connectivity index (χ2n) is 5.60. The largest absolute Gasteiger partial charge is 0.354 e. The van der Waals surface area contributed by atoms with Crippen LogP contribution in [0.4, 0.5) is 0 Å². The first kappa shape index (κ1) is 15.0. The summed E-state index contributed by atoms with van der Waals surface area (Å²) in [6.07, 6.45) is 0. The van der Waals surface area contributed by atoms with E-state index in [0.717, 1.165) is 0 Å². The van der Waals surface area contributed by atoms with Gasteiger partial charge in [-0.25, -0.2) is 0 Å². The number of nitrogens with one attached hydrogen (secondary N) is 1. The fraction of sp³-hybridized carbons (Fsp3) is 0.846. The van der Waals surface area contributed by atoms with E-state index < -0.39 is 5.41 Å². The van der Waals surface area contributed by atoms with Crippen molar-refractivity contribution in [1.29, 1.82) is 5.26 Å². The molecule has 0 aromatic carbocycles. The molecule has 0 aliphatic rings. The summed E-state index contributed by atoms with van der Waals surface area (Å²) in [6.45, 7) is 12.6. The van der Waals surface area contributed by atoms with Gasteiger partial charge in [-0.15, -0.1) is 0 Å². The Morgan fingerprint density at radius 1 is 1.25 bits per heavy atom. The Labute approximate surface area is 99.2 Å². The van der Waals surface area contributed by atoms with Gasteiger partial charge >= 0.3 is 0 Å². The van der Waals surface area contributed by atoms with Gasteiger partial charge in [0, 0.05) is 6.54 Å². The van der Waals surface area contributed by atoms with E-state index in [1.165, 1.54) is 0 Å². The lowest BCUT2D eigenvalue weighted by Crippen LogP contribution is -2.40. The molecule has 3 nitrogen and oxygen atoms in total. The first-order chi connectivity index (χ1) is 7.22. The second kappa shape index (κ2) is 5.89. The van der Waals surface area contributed by atoms with Crippen LogP contribution in [-0.2, 0) is 4.79 Å². The predicted molar refractivity (Wildman–Crippen MR) is 65.6 cm³/mol. The second-order valence-corrected chi connectivity index (χ2v) is 5.60. The number of carbonyl (C=O) groups is 1. The molecule has 0 atom stereocenters. The molecular formula is C13H24N2O. The zero-order chi connectivity index (χ0) is 12.9. The summed E-state index contributed by atoms with van der Waals surface area (Å²) in [5.74, 6) is 1.34. The van der Waals surface area contributed by atoms with Crippen molar-refractivity contribution >= 4 is 5.91 Å². The van der Waals surface area contributed by atoms with Crippen molar-refractivity contribution in [1.82, 2.24) is 5.32 Å². The third-order valence-corrected chi connectivity index (χ3v) is 3.06. The van der Waals surface area contributed by atoms with E-state index in [-0.39, 0.29) is 5.91 Å². The molecule has 0 aromatic heterocycles. The molecule has 0 heterocycles. The van der Waals surface area contributed by atoms with Crippen LogP contribution in [0, 0.1) is 34.5 Å². The maximum atomic E-state index is 11.7. The predicted octanol–water partition coefficient (Wildman–Crippen LogP) is 2.58. The third kappa shape index (κ3) is 4.22.